The number of hydrogen-bond donors (Lipinski definition) is 2. The smallest absolute Gasteiger partial charge is 0.252 e. The maximum absolute atomic E-state index is 12.3. The number of benzene rings is 2. The van der Waals surface area contributed by atoms with Crippen LogP contribution in [0.4, 0.5) is 0 Å². The summed E-state index contributed by atoms with van der Waals surface area (Å²) in [6, 6.07) is 14.4. The molecule has 1 heterocycles. The van der Waals surface area contributed by atoms with Crippen molar-refractivity contribution in [2.75, 3.05) is 6.54 Å². The van der Waals surface area contributed by atoms with Crippen LogP contribution in [0.5, 0.6) is 0 Å². The predicted octanol–water partition coefficient (Wildman–Crippen LogP) is 2.35. The van der Waals surface area contributed by atoms with Crippen molar-refractivity contribution in [3.05, 3.63) is 70.2 Å². The van der Waals surface area contributed by atoms with E-state index in [1.54, 1.807) is 6.07 Å². The van der Waals surface area contributed by atoms with Crippen LogP contribution in [0.2, 0.25) is 5.02 Å². The molecular weight excluding hydrogens is 312 g/mol. The summed E-state index contributed by atoms with van der Waals surface area (Å²) in [5.74, 6) is -0.350. The van der Waals surface area contributed by atoms with Gasteiger partial charge in [-0.2, -0.15) is 0 Å². The lowest BCUT2D eigenvalue weighted by Crippen LogP contribution is -2.51. The van der Waals surface area contributed by atoms with Crippen LogP contribution in [-0.4, -0.2) is 24.4 Å². The summed E-state index contributed by atoms with van der Waals surface area (Å²) in [7, 11) is 0. The third-order valence-corrected chi connectivity index (χ3v) is 4.14. The molecule has 1 aliphatic rings. The first-order valence-electron chi connectivity index (χ1n) is 7.54. The van der Waals surface area contributed by atoms with Gasteiger partial charge in [-0.05, 0) is 35.7 Å². The second-order valence-corrected chi connectivity index (χ2v) is 5.99. The van der Waals surface area contributed by atoms with Gasteiger partial charge in [-0.25, -0.2) is 0 Å². The minimum atomic E-state index is -0.517. The number of fused-ring (bicyclic) bond motifs is 1. The van der Waals surface area contributed by atoms with E-state index in [0.29, 0.717) is 30.0 Å². The van der Waals surface area contributed by atoms with E-state index >= 15 is 0 Å². The molecule has 2 amide bonds. The summed E-state index contributed by atoms with van der Waals surface area (Å²) in [5, 5.41) is 6.32. The van der Waals surface area contributed by atoms with Crippen LogP contribution in [0.15, 0.2) is 48.5 Å². The van der Waals surface area contributed by atoms with E-state index in [1.807, 2.05) is 42.5 Å². The van der Waals surface area contributed by atoms with Gasteiger partial charge in [0.15, 0.2) is 0 Å². The molecular formula is C18H17ClN2O2. The second kappa shape index (κ2) is 6.84. The molecule has 0 aliphatic carbocycles. The van der Waals surface area contributed by atoms with Crippen molar-refractivity contribution in [2.45, 2.75) is 18.9 Å². The fourth-order valence-electron chi connectivity index (χ4n) is 2.73. The quantitative estimate of drug-likeness (QED) is 0.905. The standard InChI is InChI=1S/C18H17ClN2O2/c19-14-6-3-4-12(10-14)8-9-20-18(23)16-11-13-5-1-2-7-15(13)17(22)21-16/h1-7,10,16H,8-9,11H2,(H,20,23)(H,21,22). The van der Waals surface area contributed by atoms with Gasteiger partial charge in [0.25, 0.3) is 5.91 Å². The third kappa shape index (κ3) is 3.71. The van der Waals surface area contributed by atoms with Gasteiger partial charge >= 0.3 is 0 Å². The van der Waals surface area contributed by atoms with Crippen LogP contribution in [-0.2, 0) is 17.6 Å². The van der Waals surface area contributed by atoms with E-state index in [-0.39, 0.29) is 11.8 Å². The second-order valence-electron chi connectivity index (χ2n) is 5.56. The largest absolute Gasteiger partial charge is 0.354 e. The Bertz CT molecular complexity index is 745. The van der Waals surface area contributed by atoms with Gasteiger partial charge in [0.05, 0.1) is 0 Å². The van der Waals surface area contributed by atoms with Crippen LogP contribution >= 0.6 is 11.6 Å². The van der Waals surface area contributed by atoms with Gasteiger partial charge in [-0.1, -0.05) is 41.9 Å². The Morgan fingerprint density at radius 3 is 2.87 bits per heavy atom. The van der Waals surface area contributed by atoms with Crippen molar-refractivity contribution in [3.63, 3.8) is 0 Å². The fourth-order valence-corrected chi connectivity index (χ4v) is 2.94. The third-order valence-electron chi connectivity index (χ3n) is 3.91. The summed E-state index contributed by atoms with van der Waals surface area (Å²) in [6.45, 7) is 0.507. The van der Waals surface area contributed by atoms with Crippen molar-refractivity contribution in [2.24, 2.45) is 0 Å². The van der Waals surface area contributed by atoms with Crippen molar-refractivity contribution < 1.29 is 9.59 Å². The molecule has 2 N–H and O–H groups in total. The van der Waals surface area contributed by atoms with Gasteiger partial charge in [0.2, 0.25) is 5.91 Å². The normalized spacial score (nSPS) is 16.4. The topological polar surface area (TPSA) is 58.2 Å². The van der Waals surface area contributed by atoms with Crippen molar-refractivity contribution >= 4 is 23.4 Å². The van der Waals surface area contributed by atoms with Crippen LogP contribution in [0, 0.1) is 0 Å². The first kappa shape index (κ1) is 15.6. The van der Waals surface area contributed by atoms with Crippen LogP contribution < -0.4 is 10.6 Å². The Balaban J connectivity index is 1.56. The zero-order valence-corrected chi connectivity index (χ0v) is 13.3. The summed E-state index contributed by atoms with van der Waals surface area (Å²) < 4.78 is 0. The van der Waals surface area contributed by atoms with Gasteiger partial charge in [0.1, 0.15) is 6.04 Å². The molecule has 118 valence electrons. The Hall–Kier alpha value is -2.33. The van der Waals surface area contributed by atoms with E-state index in [4.69, 9.17) is 11.6 Å². The Labute approximate surface area is 139 Å². The Morgan fingerprint density at radius 2 is 2.04 bits per heavy atom. The molecule has 0 radical (unpaired) electrons. The molecule has 0 saturated carbocycles. The lowest BCUT2D eigenvalue weighted by atomic mass is 9.95. The molecule has 3 rings (SSSR count). The number of rotatable bonds is 4. The molecule has 2 aromatic rings. The lowest BCUT2D eigenvalue weighted by Gasteiger charge is -2.24. The SMILES string of the molecule is O=C1NC(C(=O)NCCc2cccc(Cl)c2)Cc2ccccc21. The molecule has 4 nitrogen and oxygen atoms in total. The molecule has 0 spiro atoms. The van der Waals surface area contributed by atoms with Gasteiger partial charge in [-0.15, -0.1) is 0 Å². The van der Waals surface area contributed by atoms with E-state index < -0.39 is 6.04 Å². The molecule has 0 bridgehead atoms. The van der Waals surface area contributed by atoms with Crippen LogP contribution in [0.25, 0.3) is 0 Å². The highest BCUT2D eigenvalue weighted by molar-refractivity contribution is 6.30. The zero-order chi connectivity index (χ0) is 16.2. The van der Waals surface area contributed by atoms with E-state index in [0.717, 1.165) is 11.1 Å². The Kier molecular flexibility index (Phi) is 4.63. The minimum Gasteiger partial charge on any atom is -0.354 e. The number of carbonyl (C=O) groups excluding carboxylic acids is 2. The molecule has 1 unspecified atom stereocenters. The van der Waals surface area contributed by atoms with Crippen molar-refractivity contribution in [3.8, 4) is 0 Å². The van der Waals surface area contributed by atoms with Gasteiger partial charge in [0, 0.05) is 23.6 Å². The van der Waals surface area contributed by atoms with Gasteiger partial charge < -0.3 is 10.6 Å². The average Bonchev–Trinajstić information content (AvgIpc) is 2.55. The molecule has 2 aromatic carbocycles. The molecule has 0 aromatic heterocycles. The molecule has 5 heteroatoms. The molecule has 0 saturated heterocycles. The van der Waals surface area contributed by atoms with E-state index in [1.165, 1.54) is 0 Å². The Morgan fingerprint density at radius 1 is 1.22 bits per heavy atom. The summed E-state index contributed by atoms with van der Waals surface area (Å²) in [4.78, 5) is 24.3. The lowest BCUT2D eigenvalue weighted by molar-refractivity contribution is -0.123. The fraction of sp³-hybridized carbons (Fsp3) is 0.222. The van der Waals surface area contributed by atoms with Crippen molar-refractivity contribution in [1.82, 2.24) is 10.6 Å². The van der Waals surface area contributed by atoms with Crippen LogP contribution in [0.3, 0.4) is 0 Å². The average molecular weight is 329 g/mol. The number of halogens is 1. The minimum absolute atomic E-state index is 0.158. The van der Waals surface area contributed by atoms with Crippen LogP contribution in [0.1, 0.15) is 21.5 Å². The predicted molar refractivity (Wildman–Crippen MR) is 89.6 cm³/mol. The first-order chi connectivity index (χ1) is 11.1. The van der Waals surface area contributed by atoms with Crippen molar-refractivity contribution in [1.29, 1.82) is 0 Å². The van der Waals surface area contributed by atoms with Gasteiger partial charge in [-0.3, -0.25) is 9.59 Å². The summed E-state index contributed by atoms with van der Waals surface area (Å²) in [6.07, 6.45) is 1.22. The van der Waals surface area contributed by atoms with E-state index in [2.05, 4.69) is 10.6 Å². The first-order valence-corrected chi connectivity index (χ1v) is 7.92. The maximum Gasteiger partial charge on any atom is 0.252 e. The molecule has 1 atom stereocenters. The molecule has 1 aliphatic heterocycles. The monoisotopic (exact) mass is 328 g/mol. The summed E-state index contributed by atoms with van der Waals surface area (Å²) in [5.41, 5.74) is 2.62. The molecule has 23 heavy (non-hydrogen) atoms. The molecule has 0 fully saturated rings. The number of carbonyl (C=O) groups is 2. The number of amides is 2. The maximum atomic E-state index is 12.3. The summed E-state index contributed by atoms with van der Waals surface area (Å²) >= 11 is 5.94. The zero-order valence-electron chi connectivity index (χ0n) is 12.5. The highest BCUT2D eigenvalue weighted by Crippen LogP contribution is 2.16. The van der Waals surface area contributed by atoms with E-state index in [9.17, 15) is 9.59 Å². The highest BCUT2D eigenvalue weighted by Gasteiger charge is 2.28. The number of hydrogen-bond acceptors (Lipinski definition) is 2. The highest BCUT2D eigenvalue weighted by atomic mass is 35.5. The number of nitrogens with one attached hydrogen (secondary N) is 2.